The average molecular weight is 332 g/mol. The molecule has 0 bridgehead atoms. The molecule has 0 radical (unpaired) electrons. The summed E-state index contributed by atoms with van der Waals surface area (Å²) in [7, 11) is 4.58. The Bertz CT molecular complexity index is 708. The molecular formula is C16H20N4O4. The standard InChI is InChI=1S/C16H20N4O4/c1-22-12-4-10(5-13(6-12)23-2)15-14(16(21)24-3)9-20-11(7-17-15)8-18-19-20/h4-6,8,14-15,17H,7,9H2,1-3H3/t14-,15+/m1/s1. The summed E-state index contributed by atoms with van der Waals surface area (Å²) >= 11 is 0. The number of nitrogens with zero attached hydrogens (tertiary/aromatic N) is 3. The van der Waals surface area contributed by atoms with E-state index in [0.29, 0.717) is 24.6 Å². The molecule has 0 saturated carbocycles. The minimum atomic E-state index is -0.449. The Morgan fingerprint density at radius 2 is 1.92 bits per heavy atom. The van der Waals surface area contributed by atoms with Gasteiger partial charge in [-0.2, -0.15) is 0 Å². The van der Waals surface area contributed by atoms with Gasteiger partial charge in [0.15, 0.2) is 0 Å². The summed E-state index contributed by atoms with van der Waals surface area (Å²) in [6.07, 6.45) is 1.69. The number of methoxy groups -OCH3 is 3. The van der Waals surface area contributed by atoms with Gasteiger partial charge in [0, 0.05) is 18.7 Å². The van der Waals surface area contributed by atoms with Gasteiger partial charge in [-0.1, -0.05) is 5.21 Å². The Labute approximate surface area is 139 Å². The second-order valence-corrected chi connectivity index (χ2v) is 5.54. The van der Waals surface area contributed by atoms with Crippen LogP contribution in [0.5, 0.6) is 11.5 Å². The van der Waals surface area contributed by atoms with Crippen molar-refractivity contribution in [1.82, 2.24) is 20.3 Å². The molecule has 2 atom stereocenters. The SMILES string of the molecule is COC(=O)[C@@H]1Cn2nncc2CN[C@H]1c1cc(OC)cc(OC)c1. The molecule has 2 aromatic rings. The molecule has 1 aromatic carbocycles. The lowest BCUT2D eigenvalue weighted by molar-refractivity contribution is -0.147. The van der Waals surface area contributed by atoms with Crippen molar-refractivity contribution in [3.05, 3.63) is 35.7 Å². The van der Waals surface area contributed by atoms with Crippen molar-refractivity contribution in [2.45, 2.75) is 19.1 Å². The van der Waals surface area contributed by atoms with E-state index in [-0.39, 0.29) is 12.0 Å². The summed E-state index contributed by atoms with van der Waals surface area (Å²) in [6, 6.07) is 5.32. The van der Waals surface area contributed by atoms with Crippen LogP contribution in [0.1, 0.15) is 17.3 Å². The number of carbonyl (C=O) groups is 1. The summed E-state index contributed by atoms with van der Waals surface area (Å²) < 4.78 is 17.4. The van der Waals surface area contributed by atoms with Crippen LogP contribution in [0.15, 0.2) is 24.4 Å². The third-order valence-electron chi connectivity index (χ3n) is 4.21. The second kappa shape index (κ2) is 6.88. The third-order valence-corrected chi connectivity index (χ3v) is 4.21. The first-order valence-corrected chi connectivity index (χ1v) is 7.57. The number of carbonyl (C=O) groups excluding carboxylic acids is 1. The molecular weight excluding hydrogens is 312 g/mol. The zero-order chi connectivity index (χ0) is 17.1. The van der Waals surface area contributed by atoms with Crippen LogP contribution in [-0.4, -0.2) is 42.3 Å². The summed E-state index contributed by atoms with van der Waals surface area (Å²) in [5.41, 5.74) is 1.81. The molecule has 0 spiro atoms. The zero-order valence-electron chi connectivity index (χ0n) is 13.9. The number of esters is 1. The Hall–Kier alpha value is -2.61. The fourth-order valence-corrected chi connectivity index (χ4v) is 2.94. The van der Waals surface area contributed by atoms with Gasteiger partial charge in [-0.25, -0.2) is 4.68 Å². The number of aromatic nitrogens is 3. The molecule has 3 rings (SSSR count). The molecule has 128 valence electrons. The van der Waals surface area contributed by atoms with Gasteiger partial charge in [0.1, 0.15) is 11.5 Å². The number of fused-ring (bicyclic) bond motifs is 1. The summed E-state index contributed by atoms with van der Waals surface area (Å²) in [4.78, 5) is 12.4. The lowest BCUT2D eigenvalue weighted by atomic mass is 9.92. The van der Waals surface area contributed by atoms with Crippen LogP contribution in [0.25, 0.3) is 0 Å². The van der Waals surface area contributed by atoms with Gasteiger partial charge in [-0.15, -0.1) is 5.10 Å². The van der Waals surface area contributed by atoms with Crippen molar-refractivity contribution in [2.24, 2.45) is 5.92 Å². The molecule has 0 saturated heterocycles. The van der Waals surface area contributed by atoms with Crippen LogP contribution in [-0.2, 0) is 22.6 Å². The van der Waals surface area contributed by atoms with Crippen LogP contribution in [0.3, 0.4) is 0 Å². The van der Waals surface area contributed by atoms with Crippen LogP contribution in [0.4, 0.5) is 0 Å². The van der Waals surface area contributed by atoms with Crippen LogP contribution in [0.2, 0.25) is 0 Å². The van der Waals surface area contributed by atoms with Crippen LogP contribution in [0, 0.1) is 5.92 Å². The lowest BCUT2D eigenvalue weighted by Gasteiger charge is -2.24. The topological polar surface area (TPSA) is 87.5 Å². The van der Waals surface area contributed by atoms with Gasteiger partial charge >= 0.3 is 5.97 Å². The quantitative estimate of drug-likeness (QED) is 0.833. The summed E-state index contributed by atoms with van der Waals surface area (Å²) in [6.45, 7) is 0.934. The maximum absolute atomic E-state index is 12.4. The Balaban J connectivity index is 2.00. The van der Waals surface area contributed by atoms with E-state index in [1.165, 1.54) is 7.11 Å². The van der Waals surface area contributed by atoms with Gasteiger partial charge in [-0.05, 0) is 17.7 Å². The molecule has 1 aliphatic rings. The van der Waals surface area contributed by atoms with E-state index < -0.39 is 5.92 Å². The summed E-state index contributed by atoms with van der Waals surface area (Å²) in [5, 5.41) is 11.3. The smallest absolute Gasteiger partial charge is 0.312 e. The van der Waals surface area contributed by atoms with Crippen LogP contribution >= 0.6 is 0 Å². The van der Waals surface area contributed by atoms with E-state index in [4.69, 9.17) is 14.2 Å². The molecule has 2 heterocycles. The number of benzene rings is 1. The highest BCUT2D eigenvalue weighted by Crippen LogP contribution is 2.33. The molecule has 1 aliphatic heterocycles. The minimum Gasteiger partial charge on any atom is -0.497 e. The van der Waals surface area contributed by atoms with E-state index in [9.17, 15) is 4.79 Å². The molecule has 1 aromatic heterocycles. The zero-order valence-corrected chi connectivity index (χ0v) is 13.9. The highest BCUT2D eigenvalue weighted by molar-refractivity contribution is 5.73. The van der Waals surface area contributed by atoms with Crippen molar-refractivity contribution >= 4 is 5.97 Å². The monoisotopic (exact) mass is 332 g/mol. The van der Waals surface area contributed by atoms with E-state index in [1.807, 2.05) is 12.1 Å². The predicted octanol–water partition coefficient (Wildman–Crippen LogP) is 0.929. The van der Waals surface area contributed by atoms with Crippen molar-refractivity contribution in [3.8, 4) is 11.5 Å². The molecule has 0 fully saturated rings. The summed E-state index contributed by atoms with van der Waals surface area (Å²) in [5.74, 6) is 0.573. The molecule has 1 N–H and O–H groups in total. The van der Waals surface area contributed by atoms with E-state index in [2.05, 4.69) is 15.6 Å². The maximum Gasteiger partial charge on any atom is 0.312 e. The highest BCUT2D eigenvalue weighted by atomic mass is 16.5. The first-order valence-electron chi connectivity index (χ1n) is 7.57. The first kappa shape index (κ1) is 16.3. The fourth-order valence-electron chi connectivity index (χ4n) is 2.94. The fraction of sp³-hybridized carbons (Fsp3) is 0.438. The molecule has 0 amide bonds. The van der Waals surface area contributed by atoms with Crippen molar-refractivity contribution in [2.75, 3.05) is 21.3 Å². The predicted molar refractivity (Wildman–Crippen MR) is 84.7 cm³/mol. The Morgan fingerprint density at radius 3 is 2.54 bits per heavy atom. The normalized spacial score (nSPS) is 20.0. The van der Waals surface area contributed by atoms with Crippen LogP contribution < -0.4 is 14.8 Å². The largest absolute Gasteiger partial charge is 0.497 e. The number of rotatable bonds is 4. The maximum atomic E-state index is 12.4. The first-order chi connectivity index (χ1) is 11.7. The van der Waals surface area contributed by atoms with Crippen molar-refractivity contribution in [3.63, 3.8) is 0 Å². The number of hydrogen-bond donors (Lipinski definition) is 1. The van der Waals surface area contributed by atoms with Gasteiger partial charge in [0.2, 0.25) is 0 Å². The Morgan fingerprint density at radius 1 is 1.21 bits per heavy atom. The Kier molecular flexibility index (Phi) is 4.66. The average Bonchev–Trinajstić information content (AvgIpc) is 2.99. The van der Waals surface area contributed by atoms with E-state index in [0.717, 1.165) is 11.3 Å². The number of nitrogens with one attached hydrogen (secondary N) is 1. The molecule has 0 unspecified atom stereocenters. The van der Waals surface area contributed by atoms with Crippen molar-refractivity contribution in [1.29, 1.82) is 0 Å². The van der Waals surface area contributed by atoms with Crippen molar-refractivity contribution < 1.29 is 19.0 Å². The van der Waals surface area contributed by atoms with E-state index in [1.54, 1.807) is 31.2 Å². The van der Waals surface area contributed by atoms with E-state index >= 15 is 0 Å². The molecule has 24 heavy (non-hydrogen) atoms. The van der Waals surface area contributed by atoms with Gasteiger partial charge in [0.25, 0.3) is 0 Å². The number of ether oxygens (including phenoxy) is 3. The van der Waals surface area contributed by atoms with Gasteiger partial charge < -0.3 is 19.5 Å². The molecule has 0 aliphatic carbocycles. The minimum absolute atomic E-state index is 0.261. The number of hydrogen-bond acceptors (Lipinski definition) is 7. The molecule has 8 nitrogen and oxygen atoms in total. The third kappa shape index (κ3) is 3.05. The molecule has 8 heteroatoms. The second-order valence-electron chi connectivity index (χ2n) is 5.54. The lowest BCUT2D eigenvalue weighted by Crippen LogP contribution is -2.33. The van der Waals surface area contributed by atoms with Gasteiger partial charge in [0.05, 0.1) is 45.7 Å². The van der Waals surface area contributed by atoms with Gasteiger partial charge in [-0.3, -0.25) is 4.79 Å². The highest BCUT2D eigenvalue weighted by Gasteiger charge is 2.34.